The van der Waals surface area contributed by atoms with Crippen molar-refractivity contribution in [2.75, 3.05) is 13.2 Å². The van der Waals surface area contributed by atoms with Gasteiger partial charge in [0.05, 0.1) is 13.2 Å². The first-order valence-electron chi connectivity index (χ1n) is 4.72. The van der Waals surface area contributed by atoms with Crippen LogP contribution in [0.2, 0.25) is 0 Å². The third-order valence-corrected chi connectivity index (χ3v) is 2.41. The Morgan fingerprint density at radius 3 is 1.71 bits per heavy atom. The Balaban J connectivity index is 4.45. The average molecular weight is 204 g/mol. The van der Waals surface area contributed by atoms with E-state index in [0.29, 0.717) is 12.8 Å². The van der Waals surface area contributed by atoms with Gasteiger partial charge in [-0.15, -0.1) is 0 Å². The SMILES string of the molecule is CC(C)(C)CCC(CO)(CO)C(=O)O. The first-order chi connectivity index (χ1) is 6.27. The lowest BCUT2D eigenvalue weighted by Crippen LogP contribution is -2.39. The highest BCUT2D eigenvalue weighted by Gasteiger charge is 2.38. The van der Waals surface area contributed by atoms with E-state index in [1.54, 1.807) is 0 Å². The molecule has 0 aromatic heterocycles. The fourth-order valence-corrected chi connectivity index (χ4v) is 1.06. The lowest BCUT2D eigenvalue weighted by Gasteiger charge is -2.28. The van der Waals surface area contributed by atoms with Gasteiger partial charge in [-0.25, -0.2) is 0 Å². The van der Waals surface area contributed by atoms with Gasteiger partial charge in [-0.2, -0.15) is 0 Å². The van der Waals surface area contributed by atoms with Crippen molar-refractivity contribution >= 4 is 5.97 Å². The minimum atomic E-state index is -1.38. The zero-order chi connectivity index (χ0) is 11.4. The lowest BCUT2D eigenvalue weighted by atomic mass is 9.78. The average Bonchev–Trinajstić information content (AvgIpc) is 2.04. The van der Waals surface area contributed by atoms with Gasteiger partial charge in [-0.3, -0.25) is 4.79 Å². The Bertz CT molecular complexity index is 189. The molecule has 0 saturated carbocycles. The number of hydrogen-bond donors (Lipinski definition) is 3. The number of carbonyl (C=O) groups is 1. The Labute approximate surface area is 84.6 Å². The molecule has 0 heterocycles. The number of aliphatic hydroxyl groups is 2. The highest BCUT2D eigenvalue weighted by Crippen LogP contribution is 2.30. The largest absolute Gasteiger partial charge is 0.481 e. The second kappa shape index (κ2) is 4.75. The van der Waals surface area contributed by atoms with Gasteiger partial charge in [-0.1, -0.05) is 20.8 Å². The lowest BCUT2D eigenvalue weighted by molar-refractivity contribution is -0.155. The Morgan fingerprint density at radius 2 is 1.50 bits per heavy atom. The van der Waals surface area contributed by atoms with Gasteiger partial charge in [0, 0.05) is 0 Å². The number of carboxylic acid groups (broad SMARTS) is 1. The summed E-state index contributed by atoms with van der Waals surface area (Å²) in [4.78, 5) is 10.9. The predicted molar refractivity (Wildman–Crippen MR) is 52.9 cm³/mol. The van der Waals surface area contributed by atoms with Crippen molar-refractivity contribution in [2.45, 2.75) is 33.6 Å². The molecule has 84 valence electrons. The number of aliphatic hydroxyl groups excluding tert-OH is 2. The second-order valence-corrected chi connectivity index (χ2v) is 4.96. The number of carboxylic acids is 1. The van der Waals surface area contributed by atoms with Crippen molar-refractivity contribution < 1.29 is 20.1 Å². The quantitative estimate of drug-likeness (QED) is 0.621. The van der Waals surface area contributed by atoms with Gasteiger partial charge in [0.1, 0.15) is 5.41 Å². The summed E-state index contributed by atoms with van der Waals surface area (Å²) in [6.45, 7) is 4.95. The fourth-order valence-electron chi connectivity index (χ4n) is 1.06. The summed E-state index contributed by atoms with van der Waals surface area (Å²) in [5.41, 5.74) is -1.38. The van der Waals surface area contributed by atoms with Crippen LogP contribution < -0.4 is 0 Å². The van der Waals surface area contributed by atoms with Crippen molar-refractivity contribution in [3.8, 4) is 0 Å². The smallest absolute Gasteiger partial charge is 0.314 e. The van der Waals surface area contributed by atoms with Gasteiger partial charge >= 0.3 is 5.97 Å². The topological polar surface area (TPSA) is 77.8 Å². The first kappa shape index (κ1) is 13.4. The molecule has 0 rings (SSSR count). The van der Waals surface area contributed by atoms with Crippen LogP contribution in [0, 0.1) is 10.8 Å². The van der Waals surface area contributed by atoms with Crippen LogP contribution in [0.25, 0.3) is 0 Å². The van der Waals surface area contributed by atoms with Crippen LogP contribution in [0.3, 0.4) is 0 Å². The van der Waals surface area contributed by atoms with E-state index in [4.69, 9.17) is 15.3 Å². The molecule has 0 unspecified atom stereocenters. The highest BCUT2D eigenvalue weighted by atomic mass is 16.4. The van der Waals surface area contributed by atoms with Crippen molar-refractivity contribution in [1.29, 1.82) is 0 Å². The molecule has 3 N–H and O–H groups in total. The summed E-state index contributed by atoms with van der Waals surface area (Å²) in [5.74, 6) is -1.13. The van der Waals surface area contributed by atoms with Crippen LogP contribution in [-0.4, -0.2) is 34.5 Å². The molecule has 4 heteroatoms. The van der Waals surface area contributed by atoms with Crippen LogP contribution in [0.4, 0.5) is 0 Å². The normalized spacial score (nSPS) is 12.9. The molecule has 0 amide bonds. The third kappa shape index (κ3) is 3.64. The third-order valence-electron chi connectivity index (χ3n) is 2.41. The monoisotopic (exact) mass is 204 g/mol. The zero-order valence-electron chi connectivity index (χ0n) is 9.08. The van der Waals surface area contributed by atoms with Gasteiger partial charge in [-0.05, 0) is 18.3 Å². The molecule has 0 aliphatic rings. The number of rotatable bonds is 5. The maximum Gasteiger partial charge on any atom is 0.314 e. The van der Waals surface area contributed by atoms with E-state index >= 15 is 0 Å². The Kier molecular flexibility index (Phi) is 4.55. The van der Waals surface area contributed by atoms with Gasteiger partial charge in [0.2, 0.25) is 0 Å². The molecule has 0 aliphatic heterocycles. The summed E-state index contributed by atoms with van der Waals surface area (Å²) >= 11 is 0. The van der Waals surface area contributed by atoms with E-state index in [0.717, 1.165) is 0 Å². The van der Waals surface area contributed by atoms with Crippen molar-refractivity contribution in [1.82, 2.24) is 0 Å². The van der Waals surface area contributed by atoms with Crippen LogP contribution in [0.15, 0.2) is 0 Å². The van der Waals surface area contributed by atoms with Crippen molar-refractivity contribution in [3.05, 3.63) is 0 Å². The molecule has 0 radical (unpaired) electrons. The van der Waals surface area contributed by atoms with Crippen LogP contribution in [0.5, 0.6) is 0 Å². The predicted octanol–water partition coefficient (Wildman–Crippen LogP) is 0.868. The molecule has 0 atom stereocenters. The summed E-state index contributed by atoms with van der Waals surface area (Å²) in [5, 5.41) is 26.9. The minimum absolute atomic E-state index is 0.00500. The van der Waals surface area contributed by atoms with Gasteiger partial charge in [0.15, 0.2) is 0 Å². The minimum Gasteiger partial charge on any atom is -0.481 e. The molecule has 0 aromatic rings. The molecule has 0 fully saturated rings. The molecule has 0 aliphatic carbocycles. The van der Waals surface area contributed by atoms with E-state index in [1.165, 1.54) is 0 Å². The Morgan fingerprint density at radius 1 is 1.07 bits per heavy atom. The summed E-state index contributed by atoms with van der Waals surface area (Å²) in [6.07, 6.45) is 0.944. The van der Waals surface area contributed by atoms with Gasteiger partial charge in [0.25, 0.3) is 0 Å². The fraction of sp³-hybridized carbons (Fsp3) is 0.900. The zero-order valence-corrected chi connectivity index (χ0v) is 9.08. The molecule has 14 heavy (non-hydrogen) atoms. The second-order valence-electron chi connectivity index (χ2n) is 4.96. The van der Waals surface area contributed by atoms with Crippen molar-refractivity contribution in [3.63, 3.8) is 0 Å². The summed E-state index contributed by atoms with van der Waals surface area (Å²) in [7, 11) is 0. The first-order valence-corrected chi connectivity index (χ1v) is 4.72. The number of aliphatic carboxylic acids is 1. The molecular formula is C10H20O4. The van der Waals surface area contributed by atoms with Crippen LogP contribution in [-0.2, 0) is 4.79 Å². The van der Waals surface area contributed by atoms with Crippen LogP contribution >= 0.6 is 0 Å². The summed E-state index contributed by atoms with van der Waals surface area (Å²) < 4.78 is 0. The summed E-state index contributed by atoms with van der Waals surface area (Å²) in [6, 6.07) is 0. The van der Waals surface area contributed by atoms with Crippen LogP contribution in [0.1, 0.15) is 33.6 Å². The molecule has 0 aromatic carbocycles. The molecule has 4 nitrogen and oxygen atoms in total. The molecule has 0 saturated heterocycles. The van der Waals surface area contributed by atoms with E-state index < -0.39 is 24.6 Å². The maximum absolute atomic E-state index is 10.9. The molecular weight excluding hydrogens is 184 g/mol. The highest BCUT2D eigenvalue weighted by molar-refractivity contribution is 5.74. The van der Waals surface area contributed by atoms with E-state index in [1.807, 2.05) is 20.8 Å². The Hall–Kier alpha value is -0.610. The van der Waals surface area contributed by atoms with Gasteiger partial charge < -0.3 is 15.3 Å². The maximum atomic E-state index is 10.9. The molecule has 0 bridgehead atoms. The van der Waals surface area contributed by atoms with E-state index in [2.05, 4.69) is 0 Å². The standard InChI is InChI=1S/C10H20O4/c1-9(2,3)4-5-10(6-11,7-12)8(13)14/h11-12H,4-7H2,1-3H3,(H,13,14). The number of hydrogen-bond acceptors (Lipinski definition) is 3. The van der Waals surface area contributed by atoms with E-state index in [-0.39, 0.29) is 5.41 Å². The van der Waals surface area contributed by atoms with E-state index in [9.17, 15) is 4.79 Å². The van der Waals surface area contributed by atoms with Crippen molar-refractivity contribution in [2.24, 2.45) is 10.8 Å². The molecule has 0 spiro atoms.